The van der Waals surface area contributed by atoms with Crippen molar-refractivity contribution < 1.29 is 64.0 Å². The number of aliphatic carboxylic acids is 1. The number of carbonyl (C=O) groups is 3. The van der Waals surface area contributed by atoms with Gasteiger partial charge < -0.3 is 54.9 Å². The molecular weight excluding hydrogens is 604 g/mol. The van der Waals surface area contributed by atoms with Crippen LogP contribution in [0.15, 0.2) is 12.7 Å². The minimum absolute atomic E-state index is 0.0449. The van der Waals surface area contributed by atoms with Crippen molar-refractivity contribution in [3.05, 3.63) is 12.7 Å². The number of esters is 1. The van der Waals surface area contributed by atoms with Crippen molar-refractivity contribution in [2.75, 3.05) is 11.9 Å². The number of imidazole rings is 1. The Morgan fingerprint density at radius 2 is 1.80 bits per heavy atom. The molecule has 11 atom stereocenters. The molecule has 3 unspecified atom stereocenters. The van der Waals surface area contributed by atoms with Gasteiger partial charge >= 0.3 is 18.0 Å². The number of aromatic nitrogens is 4. The van der Waals surface area contributed by atoms with E-state index in [-0.39, 0.29) is 42.9 Å². The third kappa shape index (κ3) is 8.19. The Kier molecular flexibility index (Phi) is 11.2. The molecule has 0 bridgehead atoms. The Morgan fingerprint density at radius 3 is 2.51 bits per heavy atom. The van der Waals surface area contributed by atoms with E-state index in [0.29, 0.717) is 0 Å². The summed E-state index contributed by atoms with van der Waals surface area (Å²) in [5, 5.41) is 64.2. The Labute approximate surface area is 256 Å². The molecular formula is C26H38N6O13. The van der Waals surface area contributed by atoms with E-state index >= 15 is 0 Å². The van der Waals surface area contributed by atoms with Crippen LogP contribution in [0.4, 0.5) is 10.6 Å². The lowest BCUT2D eigenvalue weighted by atomic mass is 10.0. The molecule has 0 aliphatic carbocycles. The normalized spacial score (nSPS) is 30.7. The number of hydrogen-bond acceptors (Lipinski definition) is 15. The second-order valence-electron chi connectivity index (χ2n) is 11.0. The fourth-order valence-corrected chi connectivity index (χ4v) is 4.85. The molecule has 2 amide bonds. The van der Waals surface area contributed by atoms with Crippen LogP contribution in [0.1, 0.15) is 46.3 Å². The van der Waals surface area contributed by atoms with Crippen LogP contribution in [0.25, 0.3) is 11.2 Å². The van der Waals surface area contributed by atoms with E-state index in [4.69, 9.17) is 18.9 Å². The molecule has 2 aliphatic rings. The second-order valence-corrected chi connectivity index (χ2v) is 11.0. The number of carboxylic acids is 1. The average Bonchev–Trinajstić information content (AvgIpc) is 3.41. The van der Waals surface area contributed by atoms with E-state index < -0.39 is 85.4 Å². The maximum atomic E-state index is 12.8. The summed E-state index contributed by atoms with van der Waals surface area (Å²) in [5.41, 5.74) is 0.142. The lowest BCUT2D eigenvalue weighted by Crippen LogP contribution is -2.50. The highest BCUT2D eigenvalue weighted by molar-refractivity contribution is 5.97. The first-order valence-corrected chi connectivity index (χ1v) is 14.3. The third-order valence-corrected chi connectivity index (χ3v) is 7.49. The van der Waals surface area contributed by atoms with Gasteiger partial charge in [0, 0.05) is 12.8 Å². The molecule has 4 heterocycles. The van der Waals surface area contributed by atoms with Gasteiger partial charge in [0.25, 0.3) is 0 Å². The number of aliphatic hydroxyl groups excluding tert-OH is 5. The van der Waals surface area contributed by atoms with E-state index in [0.717, 1.165) is 6.33 Å². The van der Waals surface area contributed by atoms with E-state index in [2.05, 4.69) is 25.6 Å². The van der Waals surface area contributed by atoms with Crippen molar-refractivity contribution in [3.8, 4) is 0 Å². The van der Waals surface area contributed by atoms with Gasteiger partial charge in [-0.05, 0) is 27.2 Å². The number of nitrogens with one attached hydrogen (secondary N) is 2. The van der Waals surface area contributed by atoms with E-state index in [9.17, 15) is 45.0 Å². The van der Waals surface area contributed by atoms with Crippen LogP contribution in [-0.2, 0) is 28.5 Å². The van der Waals surface area contributed by atoms with Crippen molar-refractivity contribution in [1.29, 1.82) is 0 Å². The van der Waals surface area contributed by atoms with Crippen LogP contribution in [0.3, 0.4) is 0 Å². The molecule has 19 heteroatoms. The molecule has 4 rings (SSSR count). The number of ether oxygens (including phenoxy) is 4. The van der Waals surface area contributed by atoms with Crippen LogP contribution in [0, 0.1) is 0 Å². The number of aliphatic hydroxyl groups is 5. The van der Waals surface area contributed by atoms with Crippen molar-refractivity contribution in [1.82, 2.24) is 24.8 Å². The van der Waals surface area contributed by atoms with Gasteiger partial charge in [0.05, 0.1) is 31.2 Å². The largest absolute Gasteiger partial charge is 0.480 e. The fourth-order valence-electron chi connectivity index (χ4n) is 4.85. The summed E-state index contributed by atoms with van der Waals surface area (Å²) in [4.78, 5) is 49.3. The van der Waals surface area contributed by atoms with Crippen molar-refractivity contribution in [2.24, 2.45) is 0 Å². The molecule has 2 fully saturated rings. The topological polar surface area (TPSA) is 277 Å². The number of nitrogens with zero attached hydrogens (tertiary/aromatic N) is 4. The quantitative estimate of drug-likeness (QED) is 0.123. The number of rotatable bonds is 11. The van der Waals surface area contributed by atoms with E-state index in [1.54, 1.807) is 13.8 Å². The molecule has 2 aliphatic heterocycles. The number of anilines is 1. The van der Waals surface area contributed by atoms with Crippen LogP contribution in [0.5, 0.6) is 0 Å². The number of hydrogen-bond donors (Lipinski definition) is 8. The van der Waals surface area contributed by atoms with E-state index in [1.807, 2.05) is 0 Å². The Morgan fingerprint density at radius 1 is 1.07 bits per heavy atom. The lowest BCUT2D eigenvalue weighted by Gasteiger charge is -2.36. The van der Waals surface area contributed by atoms with Crippen LogP contribution in [-0.4, -0.2) is 136 Å². The van der Waals surface area contributed by atoms with Crippen molar-refractivity contribution in [3.63, 3.8) is 0 Å². The van der Waals surface area contributed by atoms with Gasteiger partial charge in [0.15, 0.2) is 35.5 Å². The number of fused-ring (bicyclic) bond motifs is 1. The van der Waals surface area contributed by atoms with Crippen LogP contribution in [0.2, 0.25) is 0 Å². The second kappa shape index (κ2) is 14.7. The van der Waals surface area contributed by atoms with Gasteiger partial charge in [0.1, 0.15) is 36.8 Å². The van der Waals surface area contributed by atoms with Crippen molar-refractivity contribution >= 4 is 35.0 Å². The first kappa shape index (κ1) is 34.3. The van der Waals surface area contributed by atoms with Gasteiger partial charge in [-0.25, -0.2) is 24.5 Å². The summed E-state index contributed by atoms with van der Waals surface area (Å²) in [5.74, 6) is -2.36. The molecule has 2 saturated heterocycles. The van der Waals surface area contributed by atoms with Crippen LogP contribution < -0.4 is 10.6 Å². The predicted molar refractivity (Wildman–Crippen MR) is 148 cm³/mol. The molecule has 45 heavy (non-hydrogen) atoms. The summed E-state index contributed by atoms with van der Waals surface area (Å²) in [6.07, 6.45) is -8.32. The Balaban J connectivity index is 1.31. The van der Waals surface area contributed by atoms with Gasteiger partial charge in [-0.3, -0.25) is 14.7 Å². The number of amides is 2. The molecule has 250 valence electrons. The number of urea groups is 1. The van der Waals surface area contributed by atoms with Gasteiger partial charge in [0.2, 0.25) is 0 Å². The summed E-state index contributed by atoms with van der Waals surface area (Å²) in [7, 11) is 0. The van der Waals surface area contributed by atoms with Crippen molar-refractivity contribution in [2.45, 2.75) is 107 Å². The first-order valence-electron chi connectivity index (χ1n) is 14.3. The molecule has 2 aromatic heterocycles. The van der Waals surface area contributed by atoms with E-state index in [1.165, 1.54) is 17.8 Å². The first-order chi connectivity index (χ1) is 21.3. The molecule has 8 N–H and O–H groups in total. The minimum atomic E-state index is -1.66. The van der Waals surface area contributed by atoms with Gasteiger partial charge in [-0.15, -0.1) is 0 Å². The number of carboxylic acid groups (broad SMARTS) is 1. The maximum absolute atomic E-state index is 12.8. The highest BCUT2D eigenvalue weighted by Gasteiger charge is 2.40. The Hall–Kier alpha value is -3.56. The monoisotopic (exact) mass is 642 g/mol. The maximum Gasteiger partial charge on any atom is 0.330 e. The number of carbonyl (C=O) groups excluding carboxylic acids is 2. The molecule has 19 nitrogen and oxygen atoms in total. The van der Waals surface area contributed by atoms with Crippen LogP contribution >= 0.6 is 0 Å². The summed E-state index contributed by atoms with van der Waals surface area (Å²) < 4.78 is 23.0. The fraction of sp³-hybridized carbons (Fsp3) is 0.692. The Bertz CT molecular complexity index is 1350. The highest BCUT2D eigenvalue weighted by Crippen LogP contribution is 2.28. The standard InChI is InChI=1S/C26H38N6O13/c1-10(43-25-14(34)6-13(33)11(2)45-25)4-5-16(36)44-12(3)17(24(39)40)30-26(41)31-21-18-22(28-8-27-21)32(9-29-18)23-20(38)19(37)15(35)7-42-23/h8-15,17,19-20,23,25,33-35,37-38H,4-7H2,1-3H3,(H,39,40)(H2,27,28,30,31,41)/t10-,11?,12-,13-,14?,15-,17+,19+,20?,23-,25-/m1/s1. The minimum Gasteiger partial charge on any atom is -0.480 e. The molecule has 0 spiro atoms. The highest BCUT2D eigenvalue weighted by atomic mass is 16.7. The third-order valence-electron chi connectivity index (χ3n) is 7.49. The predicted octanol–water partition coefficient (Wildman–Crippen LogP) is -2.01. The zero-order chi connectivity index (χ0) is 33.0. The average molecular weight is 643 g/mol. The van der Waals surface area contributed by atoms with Gasteiger partial charge in [-0.1, -0.05) is 0 Å². The summed E-state index contributed by atoms with van der Waals surface area (Å²) in [6, 6.07) is -2.67. The van der Waals surface area contributed by atoms with Gasteiger partial charge in [-0.2, -0.15) is 0 Å². The molecule has 0 aromatic carbocycles. The molecule has 0 radical (unpaired) electrons. The SMILES string of the molecule is CC1O[C@@H](O[C@H](C)CCC(=O)O[C@H](C)[C@H](NC(=O)Nc2ncnc3c2ncn3[C@@H]2OC[C@@H](O)[C@H](O)C2O)C(=O)O)C(O)C[C@H]1O. The zero-order valence-corrected chi connectivity index (χ0v) is 24.7. The molecule has 2 aromatic rings. The summed E-state index contributed by atoms with van der Waals surface area (Å²) >= 11 is 0. The molecule has 0 saturated carbocycles. The lowest BCUT2D eigenvalue weighted by molar-refractivity contribution is -0.273. The zero-order valence-electron chi connectivity index (χ0n) is 24.7. The smallest absolute Gasteiger partial charge is 0.330 e. The summed E-state index contributed by atoms with van der Waals surface area (Å²) in [6.45, 7) is 4.32.